The van der Waals surface area contributed by atoms with E-state index in [4.69, 9.17) is 4.74 Å². The molecule has 6 nitrogen and oxygen atoms in total. The predicted octanol–water partition coefficient (Wildman–Crippen LogP) is 2.25. The second-order valence-electron chi connectivity index (χ2n) is 6.14. The lowest BCUT2D eigenvalue weighted by molar-refractivity contribution is 0.320. The van der Waals surface area contributed by atoms with Gasteiger partial charge in [-0.05, 0) is 35.4 Å². The summed E-state index contributed by atoms with van der Waals surface area (Å²) in [5, 5.41) is 6.02. The van der Waals surface area contributed by atoms with Gasteiger partial charge in [0, 0.05) is 25.9 Å². The van der Waals surface area contributed by atoms with Gasteiger partial charge in [0.25, 0.3) is 0 Å². The number of nitrogens with zero attached hydrogens (tertiary/aromatic N) is 1. The molecule has 2 rings (SSSR count). The summed E-state index contributed by atoms with van der Waals surface area (Å²) in [5.74, 6) is -0.117. The maximum Gasteiger partial charge on any atom is 0.191 e. The number of nitrogens with one attached hydrogen (secondary N) is 2. The van der Waals surface area contributed by atoms with Crippen molar-refractivity contribution in [2.24, 2.45) is 4.99 Å². The molecule has 2 aromatic carbocycles. The van der Waals surface area contributed by atoms with Crippen LogP contribution < -0.4 is 15.4 Å². The molecule has 2 N–H and O–H groups in total. The Morgan fingerprint density at radius 1 is 1.07 bits per heavy atom. The van der Waals surface area contributed by atoms with Crippen LogP contribution in [0.15, 0.2) is 47.5 Å². The van der Waals surface area contributed by atoms with E-state index >= 15 is 0 Å². The molecular formula is C19H23F2N3O3S. The van der Waals surface area contributed by atoms with E-state index in [0.717, 1.165) is 6.26 Å². The molecule has 0 radical (unpaired) electrons. The van der Waals surface area contributed by atoms with Gasteiger partial charge in [-0.25, -0.2) is 17.2 Å². The Bertz CT molecular complexity index is 934. The Labute approximate surface area is 163 Å². The van der Waals surface area contributed by atoms with Gasteiger partial charge in [0.05, 0.1) is 12.3 Å². The molecule has 0 bridgehead atoms. The molecule has 0 unspecified atom stereocenters. The smallest absolute Gasteiger partial charge is 0.191 e. The summed E-state index contributed by atoms with van der Waals surface area (Å²) < 4.78 is 55.2. The Morgan fingerprint density at radius 2 is 1.82 bits per heavy atom. The van der Waals surface area contributed by atoms with Crippen molar-refractivity contribution in [2.75, 3.05) is 26.5 Å². The summed E-state index contributed by atoms with van der Waals surface area (Å²) in [6.45, 7) is 0.881. The van der Waals surface area contributed by atoms with Crippen LogP contribution in [0.4, 0.5) is 8.78 Å². The van der Waals surface area contributed by atoms with E-state index in [9.17, 15) is 17.2 Å². The van der Waals surface area contributed by atoms with Crippen LogP contribution in [0.1, 0.15) is 11.1 Å². The Morgan fingerprint density at radius 3 is 2.50 bits per heavy atom. The van der Waals surface area contributed by atoms with E-state index in [1.807, 2.05) is 0 Å². The van der Waals surface area contributed by atoms with Crippen LogP contribution >= 0.6 is 0 Å². The molecule has 0 amide bonds. The van der Waals surface area contributed by atoms with Crippen molar-refractivity contribution in [1.29, 1.82) is 0 Å². The molecule has 2 aromatic rings. The first-order valence-electron chi connectivity index (χ1n) is 8.55. The van der Waals surface area contributed by atoms with E-state index in [1.54, 1.807) is 19.2 Å². The van der Waals surface area contributed by atoms with Gasteiger partial charge in [0.1, 0.15) is 24.0 Å². The topological polar surface area (TPSA) is 79.8 Å². The number of guanidine groups is 1. The summed E-state index contributed by atoms with van der Waals surface area (Å²) in [6.07, 6.45) is 1.13. The molecular weight excluding hydrogens is 388 g/mol. The van der Waals surface area contributed by atoms with Gasteiger partial charge in [-0.3, -0.25) is 4.99 Å². The third-order valence-electron chi connectivity index (χ3n) is 3.72. The second-order valence-corrected chi connectivity index (χ2v) is 8.28. The maximum absolute atomic E-state index is 13.6. The van der Waals surface area contributed by atoms with Crippen LogP contribution in [0.25, 0.3) is 0 Å². The van der Waals surface area contributed by atoms with Gasteiger partial charge < -0.3 is 15.4 Å². The van der Waals surface area contributed by atoms with Crippen molar-refractivity contribution in [3.8, 4) is 5.75 Å². The molecule has 0 aliphatic carbocycles. The van der Waals surface area contributed by atoms with Crippen LogP contribution in [-0.2, 0) is 22.1 Å². The highest BCUT2D eigenvalue weighted by Gasteiger charge is 2.11. The number of hydrogen-bond donors (Lipinski definition) is 2. The minimum Gasteiger partial charge on any atom is -0.492 e. The van der Waals surface area contributed by atoms with Gasteiger partial charge in [0.15, 0.2) is 15.8 Å². The minimum atomic E-state index is -3.24. The molecule has 28 heavy (non-hydrogen) atoms. The van der Waals surface area contributed by atoms with Crippen molar-refractivity contribution >= 4 is 15.8 Å². The first-order valence-corrected chi connectivity index (χ1v) is 10.6. The van der Waals surface area contributed by atoms with Crippen molar-refractivity contribution in [2.45, 2.75) is 12.3 Å². The molecule has 0 saturated carbocycles. The fraction of sp³-hybridized carbons (Fsp3) is 0.316. The standard InChI is InChI=1S/C19H23F2N3O3S/c1-22-19(23-8-9-27-18-5-3-4-16(20)11-18)24-12-15-10-17(21)7-6-14(15)13-28(2,25)26/h3-7,10-11H,8-9,12-13H2,1-2H3,(H2,22,23,24). The Hall–Kier alpha value is -2.68. The normalized spacial score (nSPS) is 11.9. The van der Waals surface area contributed by atoms with Gasteiger partial charge >= 0.3 is 0 Å². The molecule has 0 aliphatic heterocycles. The van der Waals surface area contributed by atoms with Crippen molar-refractivity contribution < 1.29 is 21.9 Å². The maximum atomic E-state index is 13.6. The van der Waals surface area contributed by atoms with Gasteiger partial charge in [-0.2, -0.15) is 0 Å². The summed E-state index contributed by atoms with van der Waals surface area (Å²) in [6, 6.07) is 9.85. The van der Waals surface area contributed by atoms with Crippen molar-refractivity contribution in [1.82, 2.24) is 10.6 Å². The fourth-order valence-electron chi connectivity index (χ4n) is 2.48. The second kappa shape index (κ2) is 10.0. The average molecular weight is 411 g/mol. The van der Waals surface area contributed by atoms with Gasteiger partial charge in [0.2, 0.25) is 0 Å². The number of rotatable bonds is 8. The number of benzene rings is 2. The van der Waals surface area contributed by atoms with Crippen molar-refractivity contribution in [3.63, 3.8) is 0 Å². The fourth-order valence-corrected chi connectivity index (χ4v) is 3.32. The lowest BCUT2D eigenvalue weighted by atomic mass is 10.1. The van der Waals surface area contributed by atoms with E-state index in [0.29, 0.717) is 29.4 Å². The Kier molecular flexibility index (Phi) is 7.74. The third-order valence-corrected chi connectivity index (χ3v) is 4.55. The summed E-state index contributed by atoms with van der Waals surface area (Å²) in [7, 11) is -1.67. The third kappa shape index (κ3) is 7.51. The lowest BCUT2D eigenvalue weighted by Gasteiger charge is -2.14. The first-order chi connectivity index (χ1) is 13.3. The number of halogens is 2. The SMILES string of the molecule is CN=C(NCCOc1cccc(F)c1)NCc1cc(F)ccc1CS(C)(=O)=O. The molecule has 152 valence electrons. The molecule has 0 spiro atoms. The summed E-state index contributed by atoms with van der Waals surface area (Å²) >= 11 is 0. The zero-order valence-electron chi connectivity index (χ0n) is 15.7. The molecule has 0 heterocycles. The molecule has 0 atom stereocenters. The van der Waals surface area contributed by atoms with Crippen LogP contribution in [0.5, 0.6) is 5.75 Å². The number of aliphatic imine (C=N–C) groups is 1. The lowest BCUT2D eigenvalue weighted by Crippen LogP contribution is -2.39. The number of ether oxygens (including phenoxy) is 1. The van der Waals surface area contributed by atoms with E-state index in [-0.39, 0.29) is 24.7 Å². The molecule has 0 aliphatic rings. The zero-order valence-corrected chi connectivity index (χ0v) is 16.5. The summed E-state index contributed by atoms with van der Waals surface area (Å²) in [5.41, 5.74) is 1.06. The largest absolute Gasteiger partial charge is 0.492 e. The van der Waals surface area contributed by atoms with Crippen molar-refractivity contribution in [3.05, 3.63) is 65.2 Å². The Balaban J connectivity index is 1.87. The van der Waals surface area contributed by atoms with Gasteiger partial charge in [-0.1, -0.05) is 12.1 Å². The highest BCUT2D eigenvalue weighted by Crippen LogP contribution is 2.14. The van der Waals surface area contributed by atoms with Crippen LogP contribution in [0.3, 0.4) is 0 Å². The number of sulfone groups is 1. The van der Waals surface area contributed by atoms with Crippen LogP contribution in [-0.4, -0.2) is 40.8 Å². The molecule has 0 aromatic heterocycles. The highest BCUT2D eigenvalue weighted by molar-refractivity contribution is 7.89. The monoisotopic (exact) mass is 411 g/mol. The average Bonchev–Trinajstić information content (AvgIpc) is 2.62. The quantitative estimate of drug-likeness (QED) is 0.396. The number of hydrogen-bond acceptors (Lipinski definition) is 4. The van der Waals surface area contributed by atoms with Crippen LogP contribution in [0.2, 0.25) is 0 Å². The van der Waals surface area contributed by atoms with E-state index in [1.165, 1.54) is 30.3 Å². The predicted molar refractivity (Wildman–Crippen MR) is 105 cm³/mol. The highest BCUT2D eigenvalue weighted by atomic mass is 32.2. The first kappa shape index (κ1) is 21.6. The summed E-state index contributed by atoms with van der Waals surface area (Å²) in [4.78, 5) is 4.06. The molecule has 0 fully saturated rings. The molecule has 9 heteroatoms. The minimum absolute atomic E-state index is 0.169. The molecule has 0 saturated heterocycles. The van der Waals surface area contributed by atoms with Gasteiger partial charge in [-0.15, -0.1) is 0 Å². The zero-order chi connectivity index (χ0) is 20.6. The van der Waals surface area contributed by atoms with E-state index < -0.39 is 15.7 Å². The van der Waals surface area contributed by atoms with Crippen LogP contribution in [0, 0.1) is 11.6 Å². The van der Waals surface area contributed by atoms with E-state index in [2.05, 4.69) is 15.6 Å².